The zero-order chi connectivity index (χ0) is 9.78. The van der Waals surface area contributed by atoms with Crippen molar-refractivity contribution in [2.24, 2.45) is 5.92 Å². The van der Waals surface area contributed by atoms with E-state index in [1.54, 1.807) is 6.92 Å². The van der Waals surface area contributed by atoms with Crippen LogP contribution < -0.4 is 0 Å². The molecule has 3 nitrogen and oxygen atoms in total. The van der Waals surface area contributed by atoms with Gasteiger partial charge in [-0.2, -0.15) is 0 Å². The highest BCUT2D eigenvalue weighted by atomic mass is 16.5. The fourth-order valence-corrected chi connectivity index (χ4v) is 1.19. The Morgan fingerprint density at radius 1 is 1.67 bits per heavy atom. The van der Waals surface area contributed by atoms with Crippen LogP contribution in [-0.4, -0.2) is 18.6 Å². The second-order valence-corrected chi connectivity index (χ2v) is 3.48. The lowest BCUT2D eigenvalue weighted by Crippen LogP contribution is -2.34. The van der Waals surface area contributed by atoms with Crippen molar-refractivity contribution in [1.82, 2.24) is 0 Å². The quantitative estimate of drug-likeness (QED) is 0.477. The first-order valence-corrected chi connectivity index (χ1v) is 3.93. The Labute approximate surface area is 73.5 Å². The SMILES string of the molecule is [C-]#[N+][C@@](C)(CC(C)C)C(=O)OC. The van der Waals surface area contributed by atoms with Gasteiger partial charge in [-0.3, -0.25) is 4.85 Å². The lowest BCUT2D eigenvalue weighted by Gasteiger charge is -2.15. The van der Waals surface area contributed by atoms with E-state index in [-0.39, 0.29) is 0 Å². The standard InChI is InChI=1S/C9H15NO2/c1-7(2)6-9(3,10-4)8(11)12-5/h7H,6H2,1-3,5H3/t9-/m0/s1. The van der Waals surface area contributed by atoms with Crippen molar-refractivity contribution in [2.75, 3.05) is 7.11 Å². The van der Waals surface area contributed by atoms with Crippen LogP contribution in [0.1, 0.15) is 27.2 Å². The average Bonchev–Trinajstić information content (AvgIpc) is 2.01. The third-order valence-electron chi connectivity index (χ3n) is 1.68. The molecule has 0 saturated carbocycles. The van der Waals surface area contributed by atoms with Gasteiger partial charge in [0.15, 0.2) is 0 Å². The molecule has 0 aliphatic rings. The van der Waals surface area contributed by atoms with Crippen molar-refractivity contribution < 1.29 is 9.53 Å². The van der Waals surface area contributed by atoms with Gasteiger partial charge in [-0.25, -0.2) is 11.4 Å². The van der Waals surface area contributed by atoms with Gasteiger partial charge in [0.1, 0.15) is 0 Å². The number of carbonyl (C=O) groups excluding carboxylic acids is 1. The summed E-state index contributed by atoms with van der Waals surface area (Å²) in [7, 11) is 1.31. The van der Waals surface area contributed by atoms with Crippen LogP contribution in [0.5, 0.6) is 0 Å². The summed E-state index contributed by atoms with van der Waals surface area (Å²) >= 11 is 0. The smallest absolute Gasteiger partial charge is 0.392 e. The van der Waals surface area contributed by atoms with Crippen molar-refractivity contribution in [3.8, 4) is 0 Å². The number of hydrogen-bond acceptors (Lipinski definition) is 2. The van der Waals surface area contributed by atoms with Crippen LogP contribution in [-0.2, 0) is 9.53 Å². The molecule has 0 N–H and O–H groups in total. The summed E-state index contributed by atoms with van der Waals surface area (Å²) in [5, 5.41) is 0. The van der Waals surface area contributed by atoms with Gasteiger partial charge < -0.3 is 4.74 Å². The van der Waals surface area contributed by atoms with Gasteiger partial charge >= 0.3 is 11.5 Å². The predicted molar refractivity (Wildman–Crippen MR) is 46.5 cm³/mol. The molecule has 12 heavy (non-hydrogen) atoms. The summed E-state index contributed by atoms with van der Waals surface area (Å²) in [5.41, 5.74) is -0.997. The molecule has 0 aromatic carbocycles. The highest BCUT2D eigenvalue weighted by molar-refractivity contribution is 5.82. The summed E-state index contributed by atoms with van der Waals surface area (Å²) in [6.45, 7) is 12.5. The van der Waals surface area contributed by atoms with Crippen LogP contribution in [0.15, 0.2) is 0 Å². The van der Waals surface area contributed by atoms with Gasteiger partial charge in [0, 0.05) is 13.3 Å². The number of esters is 1. The van der Waals surface area contributed by atoms with Gasteiger partial charge in [-0.1, -0.05) is 13.8 Å². The Balaban J connectivity index is 4.48. The molecule has 0 unspecified atom stereocenters. The van der Waals surface area contributed by atoms with E-state index in [1.807, 2.05) is 13.8 Å². The fourth-order valence-electron chi connectivity index (χ4n) is 1.19. The minimum atomic E-state index is -0.997. The van der Waals surface area contributed by atoms with Crippen molar-refractivity contribution in [2.45, 2.75) is 32.7 Å². The highest BCUT2D eigenvalue weighted by Crippen LogP contribution is 2.22. The molecule has 0 saturated heterocycles. The Morgan fingerprint density at radius 3 is 2.42 bits per heavy atom. The molecule has 0 amide bonds. The van der Waals surface area contributed by atoms with E-state index in [2.05, 4.69) is 9.58 Å². The van der Waals surface area contributed by atoms with Crippen LogP contribution in [0.25, 0.3) is 4.85 Å². The Hall–Kier alpha value is -1.04. The van der Waals surface area contributed by atoms with E-state index in [0.717, 1.165) is 0 Å². The first-order chi connectivity index (χ1) is 5.46. The maximum atomic E-state index is 11.2. The zero-order valence-electron chi connectivity index (χ0n) is 8.05. The first-order valence-electron chi connectivity index (χ1n) is 3.93. The normalized spacial score (nSPS) is 15.0. The first kappa shape index (κ1) is 11.0. The minimum absolute atomic E-state index is 0.322. The van der Waals surface area contributed by atoms with Crippen molar-refractivity contribution in [1.29, 1.82) is 0 Å². The fraction of sp³-hybridized carbons (Fsp3) is 0.778. The lowest BCUT2D eigenvalue weighted by molar-refractivity contribution is -0.145. The van der Waals surface area contributed by atoms with E-state index >= 15 is 0 Å². The van der Waals surface area contributed by atoms with Gasteiger partial charge in [-0.15, -0.1) is 0 Å². The molecule has 3 heteroatoms. The molecule has 0 rings (SSSR count). The Kier molecular flexibility index (Phi) is 3.75. The zero-order valence-corrected chi connectivity index (χ0v) is 8.05. The number of nitrogens with zero attached hydrogens (tertiary/aromatic N) is 1. The molecule has 0 fully saturated rings. The maximum Gasteiger partial charge on any atom is 0.392 e. The monoisotopic (exact) mass is 169 g/mol. The molecule has 0 bridgehead atoms. The maximum absolute atomic E-state index is 11.2. The molecule has 1 atom stereocenters. The molecular weight excluding hydrogens is 154 g/mol. The third kappa shape index (κ3) is 2.54. The van der Waals surface area contributed by atoms with Gasteiger partial charge in [0.2, 0.25) is 0 Å². The van der Waals surface area contributed by atoms with Crippen LogP contribution in [0.3, 0.4) is 0 Å². The molecule has 0 aliphatic heterocycles. The van der Waals surface area contributed by atoms with E-state index < -0.39 is 11.5 Å². The largest absolute Gasteiger partial charge is 0.463 e. The van der Waals surface area contributed by atoms with Crippen LogP contribution in [0, 0.1) is 12.5 Å². The second kappa shape index (κ2) is 4.10. The Bertz CT molecular complexity index is 205. The highest BCUT2D eigenvalue weighted by Gasteiger charge is 2.41. The number of carbonyl (C=O) groups is 1. The summed E-state index contributed by atoms with van der Waals surface area (Å²) in [5.74, 6) is -0.116. The number of ether oxygens (including phenoxy) is 1. The van der Waals surface area contributed by atoms with E-state index in [4.69, 9.17) is 6.57 Å². The van der Waals surface area contributed by atoms with Crippen LogP contribution in [0.2, 0.25) is 0 Å². The molecule has 0 spiro atoms. The summed E-state index contributed by atoms with van der Waals surface area (Å²) < 4.78 is 4.55. The topological polar surface area (TPSA) is 30.7 Å². The second-order valence-electron chi connectivity index (χ2n) is 3.48. The molecule has 0 aromatic rings. The van der Waals surface area contributed by atoms with E-state index in [9.17, 15) is 4.79 Å². The number of hydrogen-bond donors (Lipinski definition) is 0. The molecular formula is C9H15NO2. The van der Waals surface area contributed by atoms with E-state index in [1.165, 1.54) is 7.11 Å². The van der Waals surface area contributed by atoms with Gasteiger partial charge in [0.25, 0.3) is 0 Å². The van der Waals surface area contributed by atoms with Crippen LogP contribution >= 0.6 is 0 Å². The lowest BCUT2D eigenvalue weighted by atomic mass is 9.92. The summed E-state index contributed by atoms with van der Waals surface area (Å²) in [6.07, 6.45) is 0.545. The summed E-state index contributed by atoms with van der Waals surface area (Å²) in [4.78, 5) is 14.5. The van der Waals surface area contributed by atoms with Crippen molar-refractivity contribution >= 4 is 5.97 Å². The van der Waals surface area contributed by atoms with Gasteiger partial charge in [-0.05, 0) is 5.92 Å². The average molecular weight is 169 g/mol. The third-order valence-corrected chi connectivity index (χ3v) is 1.68. The minimum Gasteiger partial charge on any atom is -0.463 e. The molecule has 0 aliphatic carbocycles. The molecule has 0 radical (unpaired) electrons. The van der Waals surface area contributed by atoms with Crippen LogP contribution in [0.4, 0.5) is 0 Å². The predicted octanol–water partition coefficient (Wildman–Crippen LogP) is 1.88. The molecule has 0 aromatic heterocycles. The van der Waals surface area contributed by atoms with Gasteiger partial charge in [0.05, 0.1) is 7.11 Å². The number of methoxy groups -OCH3 is 1. The van der Waals surface area contributed by atoms with Crippen molar-refractivity contribution in [3.05, 3.63) is 11.4 Å². The Morgan fingerprint density at radius 2 is 2.17 bits per heavy atom. The molecule has 0 heterocycles. The summed E-state index contributed by atoms with van der Waals surface area (Å²) in [6, 6.07) is 0. The number of rotatable bonds is 3. The molecule has 68 valence electrons. The van der Waals surface area contributed by atoms with Crippen molar-refractivity contribution in [3.63, 3.8) is 0 Å². The van der Waals surface area contributed by atoms with E-state index in [0.29, 0.717) is 12.3 Å².